The zero-order chi connectivity index (χ0) is 12.5. The van der Waals surface area contributed by atoms with Gasteiger partial charge in [0.15, 0.2) is 0 Å². The zero-order valence-corrected chi connectivity index (χ0v) is 10.9. The normalized spacial score (nSPS) is 23.9. The van der Waals surface area contributed by atoms with E-state index < -0.39 is 5.60 Å². The summed E-state index contributed by atoms with van der Waals surface area (Å²) in [5.74, 6) is 2.81. The average Bonchev–Trinajstić information content (AvgIpc) is 2.83. The third-order valence-electron chi connectivity index (χ3n) is 2.95. The van der Waals surface area contributed by atoms with E-state index in [0.717, 1.165) is 17.9 Å². The molecule has 1 atom stereocenters. The molecule has 0 unspecified atom stereocenters. The average molecular weight is 255 g/mol. The van der Waals surface area contributed by atoms with Gasteiger partial charge in [0, 0.05) is 12.3 Å². The van der Waals surface area contributed by atoms with Crippen molar-refractivity contribution < 1.29 is 14.3 Å². The molecule has 2 rings (SSSR count). The third-order valence-corrected chi connectivity index (χ3v) is 4.18. The van der Waals surface area contributed by atoms with Gasteiger partial charge in [0.2, 0.25) is 0 Å². The van der Waals surface area contributed by atoms with Gasteiger partial charge in [-0.25, -0.2) is 0 Å². The minimum Gasteiger partial charge on any atom is -0.466 e. The fourth-order valence-electron chi connectivity index (χ4n) is 1.93. The largest absolute Gasteiger partial charge is 0.466 e. The van der Waals surface area contributed by atoms with Crippen LogP contribution in [0.2, 0.25) is 0 Å². The van der Waals surface area contributed by atoms with Crippen LogP contribution in [0.5, 0.6) is 0 Å². The first-order valence-electron chi connectivity index (χ1n) is 5.65. The van der Waals surface area contributed by atoms with E-state index in [2.05, 4.69) is 5.32 Å². The number of nitrogens with one attached hydrogen (secondary N) is 1. The van der Waals surface area contributed by atoms with Crippen molar-refractivity contribution in [3.63, 3.8) is 0 Å². The molecule has 0 saturated carbocycles. The molecule has 0 aliphatic carbocycles. The topological polar surface area (TPSA) is 62.5 Å². The molecule has 5 heteroatoms. The minimum absolute atomic E-state index is 0.176. The van der Waals surface area contributed by atoms with Gasteiger partial charge in [-0.3, -0.25) is 4.79 Å². The van der Waals surface area contributed by atoms with Crippen LogP contribution < -0.4 is 5.32 Å². The van der Waals surface area contributed by atoms with Crippen LogP contribution >= 0.6 is 11.8 Å². The van der Waals surface area contributed by atoms with Crippen LogP contribution in [0, 0.1) is 13.8 Å². The first-order valence-corrected chi connectivity index (χ1v) is 6.81. The summed E-state index contributed by atoms with van der Waals surface area (Å²) in [5.41, 5.74) is -0.190. The Morgan fingerprint density at radius 2 is 2.41 bits per heavy atom. The van der Waals surface area contributed by atoms with Crippen molar-refractivity contribution in [1.82, 2.24) is 5.32 Å². The van der Waals surface area contributed by atoms with Gasteiger partial charge in [-0.15, -0.1) is 0 Å². The van der Waals surface area contributed by atoms with Crippen LogP contribution in [0.4, 0.5) is 0 Å². The molecule has 0 spiro atoms. The molecule has 17 heavy (non-hydrogen) atoms. The molecule has 4 nitrogen and oxygen atoms in total. The standard InChI is InChI=1S/C12H17NO3S/c1-8-5-10(9(2)16-8)11(14)13-6-12(15)3-4-17-7-12/h5,15H,3-4,6-7H2,1-2H3,(H,13,14)/t12-/m1/s1. The van der Waals surface area contributed by atoms with Gasteiger partial charge in [-0.2, -0.15) is 11.8 Å². The highest BCUT2D eigenvalue weighted by Crippen LogP contribution is 2.27. The Balaban J connectivity index is 1.95. The van der Waals surface area contributed by atoms with E-state index in [-0.39, 0.29) is 5.91 Å². The number of hydrogen-bond donors (Lipinski definition) is 2. The molecule has 1 aliphatic heterocycles. The molecule has 0 aromatic carbocycles. The maximum absolute atomic E-state index is 11.9. The van der Waals surface area contributed by atoms with Gasteiger partial charge < -0.3 is 14.8 Å². The second-order valence-corrected chi connectivity index (χ2v) is 5.64. The Morgan fingerprint density at radius 3 is 2.94 bits per heavy atom. The van der Waals surface area contributed by atoms with Crippen molar-refractivity contribution in [2.24, 2.45) is 0 Å². The number of aliphatic hydroxyl groups is 1. The van der Waals surface area contributed by atoms with Gasteiger partial charge in [-0.05, 0) is 32.1 Å². The molecule has 1 aliphatic rings. The molecule has 1 aromatic heterocycles. The van der Waals surface area contributed by atoms with E-state index in [4.69, 9.17) is 4.42 Å². The highest BCUT2D eigenvalue weighted by Gasteiger charge is 2.32. The van der Waals surface area contributed by atoms with Crippen molar-refractivity contribution in [3.05, 3.63) is 23.2 Å². The van der Waals surface area contributed by atoms with Crippen molar-refractivity contribution in [1.29, 1.82) is 0 Å². The van der Waals surface area contributed by atoms with Gasteiger partial charge in [-0.1, -0.05) is 0 Å². The summed E-state index contributed by atoms with van der Waals surface area (Å²) in [6, 6.07) is 1.72. The summed E-state index contributed by atoms with van der Waals surface area (Å²) < 4.78 is 5.31. The molecule has 0 radical (unpaired) electrons. The Bertz CT molecular complexity index is 421. The number of hydrogen-bond acceptors (Lipinski definition) is 4. The molecular formula is C12H17NO3S. The maximum Gasteiger partial charge on any atom is 0.254 e. The summed E-state index contributed by atoms with van der Waals surface area (Å²) in [5, 5.41) is 12.9. The lowest BCUT2D eigenvalue weighted by molar-refractivity contribution is 0.0612. The molecule has 1 fully saturated rings. The number of carbonyl (C=O) groups is 1. The molecule has 94 valence electrons. The van der Waals surface area contributed by atoms with E-state index >= 15 is 0 Å². The van der Waals surface area contributed by atoms with Crippen LogP contribution in [0.25, 0.3) is 0 Å². The maximum atomic E-state index is 11.9. The quantitative estimate of drug-likeness (QED) is 0.859. The lowest BCUT2D eigenvalue weighted by atomic mass is 10.0. The second kappa shape index (κ2) is 4.74. The van der Waals surface area contributed by atoms with E-state index in [0.29, 0.717) is 23.6 Å². The van der Waals surface area contributed by atoms with Crippen molar-refractivity contribution in [3.8, 4) is 0 Å². The Hall–Kier alpha value is -0.940. The van der Waals surface area contributed by atoms with Crippen LogP contribution in [-0.4, -0.2) is 34.7 Å². The summed E-state index contributed by atoms with van der Waals surface area (Å²) >= 11 is 1.72. The highest BCUT2D eigenvalue weighted by atomic mass is 32.2. The molecular weight excluding hydrogens is 238 g/mol. The Labute approximate surface area is 105 Å². The smallest absolute Gasteiger partial charge is 0.254 e. The molecule has 1 saturated heterocycles. The summed E-state index contributed by atoms with van der Waals surface area (Å²) in [7, 11) is 0. The molecule has 1 amide bonds. The number of rotatable bonds is 3. The number of thioether (sulfide) groups is 1. The SMILES string of the molecule is Cc1cc(C(=O)NC[C@]2(O)CCSC2)c(C)o1. The van der Waals surface area contributed by atoms with Crippen molar-refractivity contribution in [2.75, 3.05) is 18.1 Å². The third kappa shape index (κ3) is 2.84. The lowest BCUT2D eigenvalue weighted by Gasteiger charge is -2.21. The fourth-order valence-corrected chi connectivity index (χ4v) is 3.23. The van der Waals surface area contributed by atoms with E-state index in [9.17, 15) is 9.90 Å². The lowest BCUT2D eigenvalue weighted by Crippen LogP contribution is -2.43. The fraction of sp³-hybridized carbons (Fsp3) is 0.583. The van der Waals surface area contributed by atoms with Gasteiger partial charge in [0.05, 0.1) is 11.2 Å². The van der Waals surface area contributed by atoms with Crippen LogP contribution in [-0.2, 0) is 0 Å². The summed E-state index contributed by atoms with van der Waals surface area (Å²) in [4.78, 5) is 11.9. The van der Waals surface area contributed by atoms with Crippen LogP contribution in [0.1, 0.15) is 28.3 Å². The van der Waals surface area contributed by atoms with Crippen molar-refractivity contribution >= 4 is 17.7 Å². The summed E-state index contributed by atoms with van der Waals surface area (Å²) in [6.45, 7) is 3.88. The molecule has 2 heterocycles. The molecule has 0 bridgehead atoms. The van der Waals surface area contributed by atoms with Crippen molar-refractivity contribution in [2.45, 2.75) is 25.9 Å². The van der Waals surface area contributed by atoms with Crippen LogP contribution in [0.15, 0.2) is 10.5 Å². The van der Waals surface area contributed by atoms with Gasteiger partial charge in [0.1, 0.15) is 11.5 Å². The first-order chi connectivity index (χ1) is 8.00. The minimum atomic E-state index is -0.743. The molecule has 1 aromatic rings. The van der Waals surface area contributed by atoms with Gasteiger partial charge in [0.25, 0.3) is 5.91 Å². The first kappa shape index (κ1) is 12.5. The number of furan rings is 1. The molecule has 2 N–H and O–H groups in total. The number of amides is 1. The Morgan fingerprint density at radius 1 is 1.65 bits per heavy atom. The van der Waals surface area contributed by atoms with E-state index in [1.54, 1.807) is 24.8 Å². The predicted octanol–water partition coefficient (Wildman–Crippen LogP) is 1.49. The van der Waals surface area contributed by atoms with E-state index in [1.807, 2.05) is 6.92 Å². The summed E-state index contributed by atoms with van der Waals surface area (Å²) in [6.07, 6.45) is 0.737. The zero-order valence-electron chi connectivity index (χ0n) is 10.1. The number of aryl methyl sites for hydroxylation is 2. The Kier molecular flexibility index (Phi) is 3.49. The second-order valence-electron chi connectivity index (χ2n) is 4.54. The van der Waals surface area contributed by atoms with Crippen LogP contribution in [0.3, 0.4) is 0 Å². The van der Waals surface area contributed by atoms with E-state index in [1.165, 1.54) is 0 Å². The number of carbonyl (C=O) groups excluding carboxylic acids is 1. The van der Waals surface area contributed by atoms with Gasteiger partial charge >= 0.3 is 0 Å². The highest BCUT2D eigenvalue weighted by molar-refractivity contribution is 7.99. The monoisotopic (exact) mass is 255 g/mol. The predicted molar refractivity (Wildman–Crippen MR) is 67.4 cm³/mol.